The molecule has 0 radical (unpaired) electrons. The summed E-state index contributed by atoms with van der Waals surface area (Å²) in [6.07, 6.45) is 0.208. The second-order valence-corrected chi connectivity index (χ2v) is 17.4. The maximum atomic E-state index is 12.2. The van der Waals surface area contributed by atoms with Crippen LogP contribution in [0.5, 0.6) is 0 Å². The summed E-state index contributed by atoms with van der Waals surface area (Å²) >= 11 is 6.64. The van der Waals surface area contributed by atoms with Crippen LogP contribution in [-0.2, 0) is 27.1 Å². The van der Waals surface area contributed by atoms with Crippen molar-refractivity contribution in [1.82, 2.24) is 19.8 Å². The Kier molecular flexibility index (Phi) is 10.1. The molecule has 2 saturated heterocycles. The number of aliphatic hydroxyl groups excluding tert-OH is 1. The molecule has 0 unspecified atom stereocenters. The molecule has 0 aromatic carbocycles. The van der Waals surface area contributed by atoms with E-state index in [1.54, 1.807) is 4.90 Å². The molecule has 2 fully saturated rings. The molecule has 2 amide bonds. The van der Waals surface area contributed by atoms with E-state index in [4.69, 9.17) is 4.43 Å². The molecular formula is C26H36Br2N4O4Si. The molecule has 4 rings (SSSR count). The van der Waals surface area contributed by atoms with Gasteiger partial charge in [0.2, 0.25) is 11.8 Å². The van der Waals surface area contributed by atoms with Crippen LogP contribution in [0.3, 0.4) is 0 Å². The van der Waals surface area contributed by atoms with Gasteiger partial charge in [-0.1, -0.05) is 32.9 Å². The fourth-order valence-electron chi connectivity index (χ4n) is 3.93. The lowest BCUT2D eigenvalue weighted by Gasteiger charge is -2.38. The average Bonchev–Trinajstić information content (AvgIpc) is 3.27. The van der Waals surface area contributed by atoms with Gasteiger partial charge in [-0.3, -0.25) is 9.59 Å². The van der Waals surface area contributed by atoms with Gasteiger partial charge in [0.25, 0.3) is 0 Å². The predicted octanol–water partition coefficient (Wildman–Crippen LogP) is 4.90. The second-order valence-electron chi connectivity index (χ2n) is 11.0. The van der Waals surface area contributed by atoms with Gasteiger partial charge in [-0.15, -0.1) is 0 Å². The number of β-amino-alcohol motifs (C(OH)–C–C–N with tert-alkyl or cyclic N) is 1. The normalized spacial score (nSPS) is 20.3. The molecule has 2 aliphatic heterocycles. The van der Waals surface area contributed by atoms with Gasteiger partial charge >= 0.3 is 0 Å². The van der Waals surface area contributed by atoms with Crippen LogP contribution >= 0.6 is 31.9 Å². The van der Waals surface area contributed by atoms with Gasteiger partial charge in [0, 0.05) is 13.1 Å². The Bertz CT molecular complexity index is 1110. The summed E-state index contributed by atoms with van der Waals surface area (Å²) in [7, 11) is -1.83. The minimum atomic E-state index is -1.83. The summed E-state index contributed by atoms with van der Waals surface area (Å²) in [6, 6.07) is 11.4. The Morgan fingerprint density at radius 1 is 0.919 bits per heavy atom. The zero-order valence-electron chi connectivity index (χ0n) is 22.1. The van der Waals surface area contributed by atoms with Crippen molar-refractivity contribution in [2.45, 2.75) is 77.0 Å². The molecule has 11 heteroatoms. The lowest BCUT2D eigenvalue weighted by molar-refractivity contribution is -0.129. The van der Waals surface area contributed by atoms with E-state index in [-0.39, 0.29) is 29.4 Å². The van der Waals surface area contributed by atoms with Gasteiger partial charge in [0.05, 0.1) is 49.5 Å². The zero-order chi connectivity index (χ0) is 27.4. The van der Waals surface area contributed by atoms with E-state index in [9.17, 15) is 14.7 Å². The van der Waals surface area contributed by atoms with Crippen molar-refractivity contribution in [3.05, 3.63) is 57.0 Å². The maximum Gasteiger partial charge on any atom is 0.225 e. The van der Waals surface area contributed by atoms with Crippen LogP contribution in [0.2, 0.25) is 18.1 Å². The van der Waals surface area contributed by atoms with Gasteiger partial charge in [-0.25, -0.2) is 9.97 Å². The molecule has 0 saturated carbocycles. The van der Waals surface area contributed by atoms with Crippen molar-refractivity contribution >= 4 is 52.0 Å². The fourth-order valence-corrected chi connectivity index (χ4v) is 6.04. The standard InChI is InChI=1S/C16H25BrN2O2Si.C10H11BrN2O2/c1-16(2,3)22(4,5)21-13-9-15(20)19(11-13)10-12-7-6-8-14(17)18-12;11-9-3-1-2-7(12-9)5-13-6-8(14)4-10(13)15/h6-8,13H,9-11H2,1-5H3;1-3,8,14H,4-6H2/t13-;8-/m11/s1. The van der Waals surface area contributed by atoms with Gasteiger partial charge in [0.1, 0.15) is 9.21 Å². The number of hydrogen-bond donors (Lipinski definition) is 1. The lowest BCUT2D eigenvalue weighted by Crippen LogP contribution is -2.44. The first-order chi connectivity index (χ1) is 17.2. The second kappa shape index (κ2) is 12.5. The first-order valence-corrected chi connectivity index (χ1v) is 16.9. The van der Waals surface area contributed by atoms with Gasteiger partial charge in [0.15, 0.2) is 8.32 Å². The van der Waals surface area contributed by atoms with E-state index in [0.717, 1.165) is 20.6 Å². The number of rotatable bonds is 6. The number of nitrogens with zero attached hydrogens (tertiary/aromatic N) is 4. The van der Waals surface area contributed by atoms with Crippen molar-refractivity contribution in [3.8, 4) is 0 Å². The highest BCUT2D eigenvalue weighted by molar-refractivity contribution is 9.10. The number of pyridine rings is 2. The molecule has 8 nitrogen and oxygen atoms in total. The molecule has 0 bridgehead atoms. The summed E-state index contributed by atoms with van der Waals surface area (Å²) in [5, 5.41) is 9.47. The van der Waals surface area contributed by atoms with Crippen molar-refractivity contribution in [2.75, 3.05) is 13.1 Å². The fraction of sp³-hybridized carbons (Fsp3) is 0.538. The molecule has 2 aromatic heterocycles. The van der Waals surface area contributed by atoms with Crippen LogP contribution in [0, 0.1) is 0 Å². The Morgan fingerprint density at radius 3 is 1.84 bits per heavy atom. The number of amides is 2. The first kappa shape index (κ1) is 29.9. The Hall–Kier alpha value is -1.66. The maximum absolute atomic E-state index is 12.2. The number of aromatic nitrogens is 2. The molecule has 2 aliphatic rings. The quantitative estimate of drug-likeness (QED) is 0.351. The summed E-state index contributed by atoms with van der Waals surface area (Å²) in [4.78, 5) is 35.7. The summed E-state index contributed by atoms with van der Waals surface area (Å²) < 4.78 is 7.93. The number of hydrogen-bond acceptors (Lipinski definition) is 6. The zero-order valence-corrected chi connectivity index (χ0v) is 26.3. The monoisotopic (exact) mass is 654 g/mol. The first-order valence-electron chi connectivity index (χ1n) is 12.4. The highest BCUT2D eigenvalue weighted by atomic mass is 79.9. The highest BCUT2D eigenvalue weighted by Crippen LogP contribution is 2.38. The molecule has 1 N–H and O–H groups in total. The van der Waals surface area contributed by atoms with E-state index in [0.29, 0.717) is 32.6 Å². The number of halogens is 2. The smallest absolute Gasteiger partial charge is 0.225 e. The van der Waals surface area contributed by atoms with Crippen LogP contribution < -0.4 is 0 Å². The Balaban J connectivity index is 0.000000220. The van der Waals surface area contributed by atoms with Crippen molar-refractivity contribution in [1.29, 1.82) is 0 Å². The minimum absolute atomic E-state index is 0.00993. The molecule has 0 aliphatic carbocycles. The van der Waals surface area contributed by atoms with E-state index in [1.165, 1.54) is 0 Å². The largest absolute Gasteiger partial charge is 0.412 e. The number of carbonyl (C=O) groups excluding carboxylic acids is 2. The molecular weight excluding hydrogens is 620 g/mol. The number of carbonyl (C=O) groups is 2. The van der Waals surface area contributed by atoms with Crippen molar-refractivity contribution < 1.29 is 19.1 Å². The van der Waals surface area contributed by atoms with Crippen LogP contribution in [-0.4, -0.2) is 70.3 Å². The van der Waals surface area contributed by atoms with Gasteiger partial charge < -0.3 is 19.3 Å². The molecule has 2 atom stereocenters. The third-order valence-electron chi connectivity index (χ3n) is 6.89. The number of aliphatic hydroxyl groups is 1. The van der Waals surface area contributed by atoms with Crippen LogP contribution in [0.15, 0.2) is 45.6 Å². The summed E-state index contributed by atoms with van der Waals surface area (Å²) in [6.45, 7) is 13.2. The summed E-state index contributed by atoms with van der Waals surface area (Å²) in [5.41, 5.74) is 1.72. The predicted molar refractivity (Wildman–Crippen MR) is 152 cm³/mol. The molecule has 4 heterocycles. The van der Waals surface area contributed by atoms with Crippen LogP contribution in [0.25, 0.3) is 0 Å². The van der Waals surface area contributed by atoms with E-state index in [1.807, 2.05) is 41.3 Å². The van der Waals surface area contributed by atoms with Crippen LogP contribution in [0.4, 0.5) is 0 Å². The highest BCUT2D eigenvalue weighted by Gasteiger charge is 2.42. The third kappa shape index (κ3) is 8.67. The molecule has 0 spiro atoms. The van der Waals surface area contributed by atoms with Crippen molar-refractivity contribution in [2.24, 2.45) is 0 Å². The van der Waals surface area contributed by atoms with Gasteiger partial charge in [-0.2, -0.15) is 0 Å². The number of likely N-dealkylation sites (tertiary alicyclic amines) is 2. The topological polar surface area (TPSA) is 95.9 Å². The minimum Gasteiger partial charge on any atom is -0.412 e. The lowest BCUT2D eigenvalue weighted by atomic mass is 10.2. The van der Waals surface area contributed by atoms with Gasteiger partial charge in [-0.05, 0) is 74.3 Å². The molecule has 2 aromatic rings. The SMILES string of the molecule is CC(C)(C)[Si](C)(C)O[C@@H]1CC(=O)N(Cc2cccc(Br)n2)C1.O=C1C[C@@H](O)CN1Cc1cccc(Br)n1. The molecule has 37 heavy (non-hydrogen) atoms. The van der Waals surface area contributed by atoms with Crippen molar-refractivity contribution in [3.63, 3.8) is 0 Å². The Morgan fingerprint density at radius 2 is 1.41 bits per heavy atom. The summed E-state index contributed by atoms with van der Waals surface area (Å²) in [5.74, 6) is 0.148. The molecule has 202 valence electrons. The van der Waals surface area contributed by atoms with Crippen LogP contribution in [0.1, 0.15) is 45.0 Å². The van der Waals surface area contributed by atoms with E-state index < -0.39 is 14.4 Å². The third-order valence-corrected chi connectivity index (χ3v) is 12.3. The van der Waals surface area contributed by atoms with E-state index in [2.05, 4.69) is 75.7 Å². The Labute approximate surface area is 237 Å². The average molecular weight is 656 g/mol. The van der Waals surface area contributed by atoms with E-state index >= 15 is 0 Å².